The number of hydrogen-bond donors (Lipinski definition) is 2. The van der Waals surface area contributed by atoms with Gasteiger partial charge in [-0.3, -0.25) is 14.9 Å². The van der Waals surface area contributed by atoms with Gasteiger partial charge in [-0.2, -0.15) is 0 Å². The molecule has 0 fully saturated rings. The van der Waals surface area contributed by atoms with Crippen LogP contribution < -0.4 is 15.5 Å². The Morgan fingerprint density at radius 1 is 1.24 bits per heavy atom. The number of para-hydroxylation sites is 1. The van der Waals surface area contributed by atoms with Crippen LogP contribution in [0.2, 0.25) is 5.02 Å². The van der Waals surface area contributed by atoms with Crippen molar-refractivity contribution in [3.63, 3.8) is 0 Å². The van der Waals surface area contributed by atoms with Gasteiger partial charge in [0.25, 0.3) is 0 Å². The Hall–Kier alpha value is -2.83. The molecule has 0 spiro atoms. The second kappa shape index (κ2) is 8.27. The smallest absolute Gasteiger partial charge is 0.323 e. The predicted molar refractivity (Wildman–Crippen MR) is 113 cm³/mol. The summed E-state index contributed by atoms with van der Waals surface area (Å²) in [6.45, 7) is 5.67. The maximum atomic E-state index is 12.5. The van der Waals surface area contributed by atoms with Gasteiger partial charge in [-0.15, -0.1) is 0 Å². The molecule has 1 aromatic heterocycles. The summed E-state index contributed by atoms with van der Waals surface area (Å²) in [5.41, 5.74) is 0.671. The molecular weight excluding hydrogens is 394 g/mol. The molecule has 0 bridgehead atoms. The van der Waals surface area contributed by atoms with Gasteiger partial charge in [0.15, 0.2) is 11.0 Å². The molecule has 3 rings (SSSR count). The van der Waals surface area contributed by atoms with E-state index in [9.17, 15) is 9.59 Å². The van der Waals surface area contributed by atoms with Crippen molar-refractivity contribution in [2.45, 2.75) is 26.3 Å². The lowest BCUT2D eigenvalue weighted by Crippen LogP contribution is -2.48. The number of carboxylic acids is 1. The first-order valence-corrected chi connectivity index (χ1v) is 9.51. The summed E-state index contributed by atoms with van der Waals surface area (Å²) in [4.78, 5) is 23.7. The van der Waals surface area contributed by atoms with Crippen LogP contribution in [0.15, 0.2) is 51.7 Å². The Kier molecular flexibility index (Phi) is 5.96. The number of aryl methyl sites for hydroxylation is 1. The van der Waals surface area contributed by atoms with Crippen LogP contribution in [-0.4, -0.2) is 29.8 Å². The molecule has 0 atom stereocenters. The number of halogens is 1. The fourth-order valence-electron chi connectivity index (χ4n) is 2.83. The minimum atomic E-state index is -1.05. The summed E-state index contributed by atoms with van der Waals surface area (Å²) in [6, 6.07) is 12.0. The lowest BCUT2D eigenvalue weighted by Gasteiger charge is -2.21. The van der Waals surface area contributed by atoms with E-state index in [1.54, 1.807) is 32.0 Å². The molecule has 0 aliphatic heterocycles. The van der Waals surface area contributed by atoms with Gasteiger partial charge in [-0.25, -0.2) is 0 Å². The average molecular weight is 416 g/mol. The van der Waals surface area contributed by atoms with Crippen LogP contribution in [0.25, 0.3) is 22.3 Å². The Morgan fingerprint density at radius 3 is 2.72 bits per heavy atom. The van der Waals surface area contributed by atoms with Crippen LogP contribution in [0.3, 0.4) is 0 Å². The van der Waals surface area contributed by atoms with Crippen molar-refractivity contribution in [2.24, 2.45) is 0 Å². The maximum absolute atomic E-state index is 12.5. The lowest BCUT2D eigenvalue weighted by molar-refractivity contribution is -0.143. The number of nitrogens with one attached hydrogen (secondary N) is 1. The van der Waals surface area contributed by atoms with Crippen LogP contribution in [0, 0.1) is 6.92 Å². The standard InChI is InChI=1S/C22H22ClNO5/c1-13-7-8-15(18(11-13)28-10-9-24-22(2,3)21(26)27)19-12-17(25)14-5-4-6-16(23)20(14)29-19/h4-8,11-12,24H,9-10H2,1-3H3,(H,26,27). The SMILES string of the molecule is Cc1ccc(-c2cc(=O)c3cccc(Cl)c3o2)c(OCCNC(C)(C)C(=O)O)c1. The second-order valence-electron chi connectivity index (χ2n) is 7.30. The largest absolute Gasteiger partial charge is 0.491 e. The number of rotatable bonds is 7. The van der Waals surface area contributed by atoms with Crippen LogP contribution in [-0.2, 0) is 4.79 Å². The third kappa shape index (κ3) is 4.60. The highest BCUT2D eigenvalue weighted by Crippen LogP contribution is 2.33. The monoisotopic (exact) mass is 415 g/mol. The van der Waals surface area contributed by atoms with Gasteiger partial charge < -0.3 is 14.3 Å². The number of aliphatic carboxylic acids is 1. The minimum Gasteiger partial charge on any atom is -0.491 e. The van der Waals surface area contributed by atoms with E-state index in [2.05, 4.69) is 5.32 Å². The van der Waals surface area contributed by atoms with E-state index in [0.717, 1.165) is 5.56 Å². The molecule has 3 aromatic rings. The molecule has 7 heteroatoms. The summed E-state index contributed by atoms with van der Waals surface area (Å²) in [7, 11) is 0. The quantitative estimate of drug-likeness (QED) is 0.561. The molecule has 6 nitrogen and oxygen atoms in total. The number of benzene rings is 2. The fraction of sp³-hybridized carbons (Fsp3) is 0.273. The van der Waals surface area contributed by atoms with Crippen LogP contribution in [0.4, 0.5) is 0 Å². The highest BCUT2D eigenvalue weighted by Gasteiger charge is 2.25. The van der Waals surface area contributed by atoms with Crippen LogP contribution >= 0.6 is 11.6 Å². The topological polar surface area (TPSA) is 88.8 Å². The summed E-state index contributed by atoms with van der Waals surface area (Å²) >= 11 is 6.20. The first kappa shape index (κ1) is 20.9. The molecule has 29 heavy (non-hydrogen) atoms. The van der Waals surface area contributed by atoms with Crippen molar-refractivity contribution in [2.75, 3.05) is 13.2 Å². The summed E-state index contributed by atoms with van der Waals surface area (Å²) < 4.78 is 11.8. The normalized spacial score (nSPS) is 11.6. The van der Waals surface area contributed by atoms with Gasteiger partial charge in [0.05, 0.1) is 16.0 Å². The van der Waals surface area contributed by atoms with Gasteiger partial charge in [-0.05, 0) is 50.6 Å². The zero-order valence-electron chi connectivity index (χ0n) is 16.4. The van der Waals surface area contributed by atoms with E-state index in [1.807, 2.05) is 25.1 Å². The van der Waals surface area contributed by atoms with Crippen molar-refractivity contribution in [3.05, 3.63) is 63.3 Å². The van der Waals surface area contributed by atoms with E-state index in [0.29, 0.717) is 39.6 Å². The van der Waals surface area contributed by atoms with E-state index in [-0.39, 0.29) is 12.0 Å². The first-order chi connectivity index (χ1) is 13.7. The maximum Gasteiger partial charge on any atom is 0.323 e. The molecule has 0 amide bonds. The Labute approximate surface area is 173 Å². The Balaban J connectivity index is 1.90. The molecule has 2 N–H and O–H groups in total. The number of hydrogen-bond acceptors (Lipinski definition) is 5. The molecule has 152 valence electrons. The number of carboxylic acid groups (broad SMARTS) is 1. The Morgan fingerprint density at radius 2 is 2.00 bits per heavy atom. The molecule has 0 aliphatic carbocycles. The number of fused-ring (bicyclic) bond motifs is 1. The number of ether oxygens (including phenoxy) is 1. The summed E-state index contributed by atoms with van der Waals surface area (Å²) in [5, 5.41) is 12.9. The molecule has 0 aliphatic rings. The summed E-state index contributed by atoms with van der Waals surface area (Å²) in [6.07, 6.45) is 0. The molecule has 0 radical (unpaired) electrons. The lowest BCUT2D eigenvalue weighted by atomic mass is 10.1. The Bertz CT molecular complexity index is 1120. The van der Waals surface area contributed by atoms with Crippen molar-refractivity contribution in [3.8, 4) is 17.1 Å². The van der Waals surface area contributed by atoms with Gasteiger partial charge in [-0.1, -0.05) is 23.7 Å². The van der Waals surface area contributed by atoms with Crippen molar-refractivity contribution in [1.29, 1.82) is 0 Å². The van der Waals surface area contributed by atoms with E-state index < -0.39 is 11.5 Å². The van der Waals surface area contributed by atoms with E-state index in [4.69, 9.17) is 25.9 Å². The third-order valence-corrected chi connectivity index (χ3v) is 4.87. The zero-order valence-corrected chi connectivity index (χ0v) is 17.2. The predicted octanol–water partition coefficient (Wildman–Crippen LogP) is 4.25. The van der Waals surface area contributed by atoms with Crippen molar-refractivity contribution in [1.82, 2.24) is 5.32 Å². The van der Waals surface area contributed by atoms with E-state index >= 15 is 0 Å². The molecule has 1 heterocycles. The molecular formula is C22H22ClNO5. The highest BCUT2D eigenvalue weighted by molar-refractivity contribution is 6.34. The average Bonchev–Trinajstić information content (AvgIpc) is 2.66. The first-order valence-electron chi connectivity index (χ1n) is 9.13. The minimum absolute atomic E-state index is 0.194. The van der Waals surface area contributed by atoms with Crippen LogP contribution in [0.1, 0.15) is 19.4 Å². The highest BCUT2D eigenvalue weighted by atomic mass is 35.5. The molecule has 0 saturated carbocycles. The second-order valence-corrected chi connectivity index (χ2v) is 7.70. The van der Waals surface area contributed by atoms with Gasteiger partial charge >= 0.3 is 5.97 Å². The summed E-state index contributed by atoms with van der Waals surface area (Å²) in [5.74, 6) is -0.0533. The van der Waals surface area contributed by atoms with Crippen molar-refractivity contribution < 1.29 is 19.1 Å². The molecule has 0 saturated heterocycles. The molecule has 2 aromatic carbocycles. The number of carbonyl (C=O) groups is 1. The van der Waals surface area contributed by atoms with Gasteiger partial charge in [0.1, 0.15) is 23.7 Å². The van der Waals surface area contributed by atoms with Gasteiger partial charge in [0, 0.05) is 12.6 Å². The van der Waals surface area contributed by atoms with Crippen LogP contribution in [0.5, 0.6) is 5.75 Å². The van der Waals surface area contributed by atoms with Crippen molar-refractivity contribution >= 4 is 28.5 Å². The van der Waals surface area contributed by atoms with Gasteiger partial charge in [0.2, 0.25) is 0 Å². The van der Waals surface area contributed by atoms with E-state index in [1.165, 1.54) is 6.07 Å². The fourth-order valence-corrected chi connectivity index (χ4v) is 3.04. The third-order valence-electron chi connectivity index (χ3n) is 4.57. The zero-order chi connectivity index (χ0) is 21.2. The molecule has 0 unspecified atom stereocenters.